The summed E-state index contributed by atoms with van der Waals surface area (Å²) < 4.78 is 7.48. The Morgan fingerprint density at radius 1 is 1.27 bits per heavy atom. The maximum Gasteiger partial charge on any atom is 0.164 e. The molecule has 1 saturated heterocycles. The number of amidine groups is 1. The molecule has 4 rings (SSSR count). The summed E-state index contributed by atoms with van der Waals surface area (Å²) in [6.45, 7) is 12.4. The van der Waals surface area contributed by atoms with Gasteiger partial charge in [0.05, 0.1) is 18.9 Å². The lowest BCUT2D eigenvalue weighted by Crippen LogP contribution is -2.36. The fourth-order valence-corrected chi connectivity index (χ4v) is 3.65. The summed E-state index contributed by atoms with van der Waals surface area (Å²) in [7, 11) is 1.93. The molecule has 3 aromatic heterocycles. The quantitative estimate of drug-likeness (QED) is 0.249. The molecule has 1 fully saturated rings. The van der Waals surface area contributed by atoms with Crippen molar-refractivity contribution in [3.63, 3.8) is 0 Å². The van der Waals surface area contributed by atoms with Crippen molar-refractivity contribution in [2.75, 3.05) is 36.6 Å². The number of allylic oxidation sites excluding steroid dienone is 2. The van der Waals surface area contributed by atoms with Crippen molar-refractivity contribution in [2.45, 2.75) is 6.92 Å². The molecule has 3 N–H and O–H groups in total. The predicted octanol–water partition coefficient (Wildman–Crippen LogP) is 3.24. The van der Waals surface area contributed by atoms with E-state index in [9.17, 15) is 0 Å². The number of imidazole rings is 1. The van der Waals surface area contributed by atoms with E-state index in [1.165, 1.54) is 0 Å². The molecular formula is C24H28N8O. The Morgan fingerprint density at radius 3 is 2.73 bits per heavy atom. The van der Waals surface area contributed by atoms with Gasteiger partial charge in [-0.3, -0.25) is 10.4 Å². The number of nitrogens with one attached hydrogen (secondary N) is 1. The van der Waals surface area contributed by atoms with Crippen LogP contribution in [0.25, 0.3) is 22.7 Å². The third kappa shape index (κ3) is 4.78. The normalized spacial score (nSPS) is 15.0. The van der Waals surface area contributed by atoms with Crippen molar-refractivity contribution in [2.24, 2.45) is 17.9 Å². The summed E-state index contributed by atoms with van der Waals surface area (Å²) in [5.74, 6) is 1.59. The van der Waals surface area contributed by atoms with Crippen LogP contribution < -0.4 is 16.1 Å². The zero-order valence-corrected chi connectivity index (χ0v) is 19.0. The molecule has 33 heavy (non-hydrogen) atoms. The van der Waals surface area contributed by atoms with Crippen LogP contribution in [0.5, 0.6) is 0 Å². The number of hydrogen-bond acceptors (Lipinski definition) is 7. The molecule has 1 aliphatic heterocycles. The minimum Gasteiger partial charge on any atom is -0.382 e. The Labute approximate surface area is 193 Å². The molecule has 0 aromatic carbocycles. The Bertz CT molecular complexity index is 1240. The average Bonchev–Trinajstić information content (AvgIpc) is 3.17. The van der Waals surface area contributed by atoms with Crippen LogP contribution >= 0.6 is 0 Å². The van der Waals surface area contributed by atoms with E-state index in [0.29, 0.717) is 30.4 Å². The maximum atomic E-state index is 6.15. The van der Waals surface area contributed by atoms with E-state index < -0.39 is 0 Å². The monoisotopic (exact) mass is 444 g/mol. The number of hydrogen-bond donors (Lipinski definition) is 2. The van der Waals surface area contributed by atoms with Crippen molar-refractivity contribution >= 4 is 28.5 Å². The van der Waals surface area contributed by atoms with Crippen molar-refractivity contribution < 1.29 is 4.74 Å². The van der Waals surface area contributed by atoms with Gasteiger partial charge in [0.2, 0.25) is 0 Å². The van der Waals surface area contributed by atoms with E-state index in [1.54, 1.807) is 12.3 Å². The number of pyridine rings is 2. The van der Waals surface area contributed by atoms with Crippen molar-refractivity contribution in [3.8, 4) is 11.5 Å². The highest BCUT2D eigenvalue weighted by Gasteiger charge is 2.21. The molecule has 4 heterocycles. The lowest BCUT2D eigenvalue weighted by atomic mass is 10.2. The van der Waals surface area contributed by atoms with Gasteiger partial charge in [0, 0.05) is 38.0 Å². The van der Waals surface area contributed by atoms with Crippen LogP contribution in [0.1, 0.15) is 6.92 Å². The maximum absolute atomic E-state index is 6.15. The van der Waals surface area contributed by atoms with Gasteiger partial charge in [-0.15, -0.1) is 0 Å². The fraction of sp³-hybridized carbons (Fsp3) is 0.250. The van der Waals surface area contributed by atoms with E-state index in [-0.39, 0.29) is 0 Å². The number of hydrazone groups is 1. The lowest BCUT2D eigenvalue weighted by molar-refractivity contribution is 0.123. The summed E-state index contributed by atoms with van der Waals surface area (Å²) in [5, 5.41) is 4.32. The van der Waals surface area contributed by atoms with Gasteiger partial charge in [-0.2, -0.15) is 5.10 Å². The fourth-order valence-electron chi connectivity index (χ4n) is 3.65. The van der Waals surface area contributed by atoms with Gasteiger partial charge in [-0.25, -0.2) is 9.97 Å². The van der Waals surface area contributed by atoms with E-state index in [4.69, 9.17) is 20.4 Å². The minimum atomic E-state index is 0.294. The van der Waals surface area contributed by atoms with Gasteiger partial charge in [-0.1, -0.05) is 30.9 Å². The smallest absolute Gasteiger partial charge is 0.164 e. The molecule has 0 unspecified atom stereocenters. The van der Waals surface area contributed by atoms with E-state index in [0.717, 1.165) is 47.0 Å². The number of fused-ring (bicyclic) bond motifs is 1. The Kier molecular flexibility index (Phi) is 6.50. The lowest BCUT2D eigenvalue weighted by Gasteiger charge is -2.29. The molecule has 0 atom stereocenters. The highest BCUT2D eigenvalue weighted by molar-refractivity contribution is 6.00. The van der Waals surface area contributed by atoms with Crippen LogP contribution in [0.4, 0.5) is 11.5 Å². The number of ether oxygens (including phenoxy) is 1. The standard InChI is InChI=1S/C24H28N8O/c1-5-17(14-16(2)3)22(25)30-29-20-15-19(32-10-12-33-13-11-32)21-24(27-20)31(4)23(28-21)18-8-6-7-9-26-18/h5-9,14-15H,1-2,10-13H2,3-4H3,(H2,25,30)(H,27,29)/b17-14+. The van der Waals surface area contributed by atoms with Gasteiger partial charge < -0.3 is 19.9 Å². The number of morpholine rings is 1. The third-order valence-electron chi connectivity index (χ3n) is 5.26. The molecule has 0 radical (unpaired) electrons. The summed E-state index contributed by atoms with van der Waals surface area (Å²) in [5.41, 5.74) is 14.0. The van der Waals surface area contributed by atoms with Gasteiger partial charge in [0.25, 0.3) is 0 Å². The molecule has 0 bridgehead atoms. The number of nitrogens with two attached hydrogens (primary N) is 1. The molecule has 9 heteroatoms. The third-order valence-corrected chi connectivity index (χ3v) is 5.26. The summed E-state index contributed by atoms with van der Waals surface area (Å²) in [6.07, 6.45) is 5.22. The van der Waals surface area contributed by atoms with E-state index in [2.05, 4.69) is 33.6 Å². The molecule has 0 aliphatic carbocycles. The summed E-state index contributed by atoms with van der Waals surface area (Å²) in [4.78, 5) is 16.4. The average molecular weight is 445 g/mol. The van der Waals surface area contributed by atoms with Gasteiger partial charge >= 0.3 is 0 Å². The largest absolute Gasteiger partial charge is 0.382 e. The molecule has 170 valence electrons. The van der Waals surface area contributed by atoms with E-state index in [1.807, 2.05) is 48.9 Å². The molecule has 0 saturated carbocycles. The second-order valence-corrected chi connectivity index (χ2v) is 7.77. The molecule has 0 amide bonds. The Morgan fingerprint density at radius 2 is 2.06 bits per heavy atom. The topological polar surface area (TPSA) is 106 Å². The number of rotatable bonds is 7. The SMILES string of the molecule is C=CC(=C\C(=C)C)/C(N)=N/Nc1cc(N2CCOCC2)c2nc(-c3ccccn3)n(C)c2n1. The van der Waals surface area contributed by atoms with Crippen LogP contribution in [-0.4, -0.2) is 51.7 Å². The van der Waals surface area contributed by atoms with Crippen molar-refractivity contribution in [1.29, 1.82) is 0 Å². The highest BCUT2D eigenvalue weighted by Crippen LogP contribution is 2.31. The number of aryl methyl sites for hydroxylation is 1. The first-order valence-corrected chi connectivity index (χ1v) is 10.7. The second kappa shape index (κ2) is 9.66. The number of aromatic nitrogens is 4. The van der Waals surface area contributed by atoms with Gasteiger partial charge in [0.15, 0.2) is 23.1 Å². The zero-order chi connectivity index (χ0) is 23.4. The van der Waals surface area contributed by atoms with Crippen LogP contribution in [0, 0.1) is 0 Å². The van der Waals surface area contributed by atoms with Crippen LogP contribution in [0.3, 0.4) is 0 Å². The van der Waals surface area contributed by atoms with Gasteiger partial charge in [0.1, 0.15) is 11.2 Å². The molecule has 3 aromatic rings. The minimum absolute atomic E-state index is 0.294. The second-order valence-electron chi connectivity index (χ2n) is 7.77. The molecule has 9 nitrogen and oxygen atoms in total. The van der Waals surface area contributed by atoms with Crippen LogP contribution in [0.2, 0.25) is 0 Å². The Hall–Kier alpha value is -3.98. The molecule has 1 aliphatic rings. The summed E-state index contributed by atoms with van der Waals surface area (Å²) in [6, 6.07) is 7.70. The van der Waals surface area contributed by atoms with Crippen molar-refractivity contribution in [3.05, 3.63) is 66.9 Å². The van der Waals surface area contributed by atoms with Crippen LogP contribution in [-0.2, 0) is 11.8 Å². The first kappa shape index (κ1) is 22.2. The first-order chi connectivity index (χ1) is 16.0. The van der Waals surface area contributed by atoms with E-state index >= 15 is 0 Å². The molecular weight excluding hydrogens is 416 g/mol. The Balaban J connectivity index is 1.79. The van der Waals surface area contributed by atoms with Crippen molar-refractivity contribution in [1.82, 2.24) is 19.5 Å². The number of nitrogens with zero attached hydrogens (tertiary/aromatic N) is 6. The highest BCUT2D eigenvalue weighted by atomic mass is 16.5. The first-order valence-electron chi connectivity index (χ1n) is 10.7. The number of anilines is 2. The van der Waals surface area contributed by atoms with Gasteiger partial charge in [-0.05, 0) is 25.1 Å². The zero-order valence-electron chi connectivity index (χ0n) is 19.0. The molecule has 0 spiro atoms. The van der Waals surface area contributed by atoms with Crippen LogP contribution in [0.15, 0.2) is 72.0 Å². The summed E-state index contributed by atoms with van der Waals surface area (Å²) >= 11 is 0. The predicted molar refractivity (Wildman–Crippen MR) is 133 cm³/mol.